The monoisotopic (exact) mass is 469 g/mol. The lowest BCUT2D eigenvalue weighted by Gasteiger charge is -2.28. The van der Waals surface area contributed by atoms with Crippen molar-refractivity contribution in [2.75, 3.05) is 49.7 Å². The fraction of sp³-hybridized carbons (Fsp3) is 0.304. The van der Waals surface area contributed by atoms with E-state index < -0.39 is 5.91 Å². The molecule has 0 radical (unpaired) electrons. The van der Waals surface area contributed by atoms with Crippen LogP contribution >= 0.6 is 11.6 Å². The van der Waals surface area contributed by atoms with Crippen LogP contribution in [0, 0.1) is 6.92 Å². The third-order valence-corrected chi connectivity index (χ3v) is 5.33. The molecule has 1 aromatic carbocycles. The number of nitrogens with zero attached hydrogens (tertiary/aromatic N) is 4. The molecule has 2 N–H and O–H groups in total. The first-order valence-corrected chi connectivity index (χ1v) is 10.9. The highest BCUT2D eigenvalue weighted by molar-refractivity contribution is 6.30. The Bertz CT molecular complexity index is 1140. The lowest BCUT2D eigenvalue weighted by Crippen LogP contribution is -2.36. The number of morpholine rings is 1. The summed E-state index contributed by atoms with van der Waals surface area (Å²) >= 11 is 5.92. The third kappa shape index (κ3) is 5.75. The van der Waals surface area contributed by atoms with Crippen LogP contribution in [0.1, 0.15) is 16.1 Å². The normalized spacial score (nSPS) is 13.6. The van der Waals surface area contributed by atoms with Crippen LogP contribution < -0.4 is 15.0 Å². The second-order valence-electron chi connectivity index (χ2n) is 7.47. The summed E-state index contributed by atoms with van der Waals surface area (Å²) in [6.45, 7) is 4.75. The van der Waals surface area contributed by atoms with E-state index in [0.29, 0.717) is 29.8 Å². The molecular formula is C23H24ClN5O4. The maximum absolute atomic E-state index is 12.6. The van der Waals surface area contributed by atoms with Gasteiger partial charge < -0.3 is 24.8 Å². The molecule has 1 aliphatic rings. The number of halogens is 1. The van der Waals surface area contributed by atoms with Crippen LogP contribution in [0.5, 0.6) is 5.88 Å². The van der Waals surface area contributed by atoms with Crippen molar-refractivity contribution in [3.8, 4) is 17.0 Å². The SMILES string of the molecule is Cc1ccc(NC(=O)c2cc(Cl)cnn2)cc1-c1cc(OCCO)nc(N2CCOCC2)c1. The van der Waals surface area contributed by atoms with Gasteiger partial charge in [-0.1, -0.05) is 17.7 Å². The van der Waals surface area contributed by atoms with E-state index in [1.54, 1.807) is 0 Å². The molecule has 0 bridgehead atoms. The fourth-order valence-electron chi connectivity index (χ4n) is 3.49. The minimum Gasteiger partial charge on any atom is -0.475 e. The standard InChI is InChI=1S/C23H24ClN5O4/c1-15-2-3-18(26-23(31)20-12-17(24)14-25-28-20)13-19(15)16-10-21(29-4-7-32-8-5-29)27-22(11-16)33-9-6-30/h2-3,10-14,30H,4-9H2,1H3,(H,26,31). The number of amides is 1. The average molecular weight is 470 g/mol. The van der Waals surface area contributed by atoms with Crippen molar-refractivity contribution >= 4 is 29.0 Å². The summed E-state index contributed by atoms with van der Waals surface area (Å²) < 4.78 is 11.1. The Morgan fingerprint density at radius 3 is 2.82 bits per heavy atom. The summed E-state index contributed by atoms with van der Waals surface area (Å²) in [5.74, 6) is 0.786. The first-order chi connectivity index (χ1) is 16.0. The Balaban J connectivity index is 1.66. The number of carbonyl (C=O) groups excluding carboxylic acids is 1. The maximum atomic E-state index is 12.6. The Morgan fingerprint density at radius 2 is 2.06 bits per heavy atom. The number of pyridine rings is 1. The summed E-state index contributed by atoms with van der Waals surface area (Å²) in [6, 6.07) is 10.9. The number of ether oxygens (including phenoxy) is 2. The Morgan fingerprint density at radius 1 is 1.24 bits per heavy atom. The number of benzene rings is 1. The largest absolute Gasteiger partial charge is 0.475 e. The molecule has 2 aromatic heterocycles. The van der Waals surface area contributed by atoms with Crippen LogP contribution in [0.2, 0.25) is 5.02 Å². The molecule has 10 heteroatoms. The van der Waals surface area contributed by atoms with Gasteiger partial charge in [0.25, 0.3) is 5.91 Å². The second-order valence-corrected chi connectivity index (χ2v) is 7.90. The van der Waals surface area contributed by atoms with E-state index in [1.807, 2.05) is 37.3 Å². The summed E-state index contributed by atoms with van der Waals surface area (Å²) in [5, 5.41) is 19.9. The van der Waals surface area contributed by atoms with E-state index in [1.165, 1.54) is 12.3 Å². The van der Waals surface area contributed by atoms with Gasteiger partial charge in [0.15, 0.2) is 5.69 Å². The predicted molar refractivity (Wildman–Crippen MR) is 125 cm³/mol. The molecular weight excluding hydrogens is 446 g/mol. The topological polar surface area (TPSA) is 110 Å². The number of nitrogens with one attached hydrogen (secondary N) is 1. The smallest absolute Gasteiger partial charge is 0.276 e. The van der Waals surface area contributed by atoms with E-state index in [0.717, 1.165) is 35.6 Å². The summed E-state index contributed by atoms with van der Waals surface area (Å²) in [4.78, 5) is 19.3. The molecule has 0 unspecified atom stereocenters. The molecule has 33 heavy (non-hydrogen) atoms. The van der Waals surface area contributed by atoms with E-state index in [2.05, 4.69) is 25.4 Å². The van der Waals surface area contributed by atoms with Crippen molar-refractivity contribution < 1.29 is 19.4 Å². The summed E-state index contributed by atoms with van der Waals surface area (Å²) in [5.41, 5.74) is 3.54. The van der Waals surface area contributed by atoms with Crippen LogP contribution in [-0.4, -0.2) is 65.7 Å². The van der Waals surface area contributed by atoms with Gasteiger partial charge in [-0.25, -0.2) is 0 Å². The van der Waals surface area contributed by atoms with Gasteiger partial charge in [0.2, 0.25) is 5.88 Å². The van der Waals surface area contributed by atoms with Gasteiger partial charge in [-0.2, -0.15) is 10.1 Å². The van der Waals surface area contributed by atoms with E-state index in [9.17, 15) is 4.79 Å². The molecule has 3 aromatic rings. The molecule has 0 saturated carbocycles. The highest BCUT2D eigenvalue weighted by atomic mass is 35.5. The van der Waals surface area contributed by atoms with Crippen LogP contribution in [0.3, 0.4) is 0 Å². The highest BCUT2D eigenvalue weighted by Crippen LogP contribution is 2.32. The molecule has 3 heterocycles. The van der Waals surface area contributed by atoms with Gasteiger partial charge in [0.1, 0.15) is 12.4 Å². The van der Waals surface area contributed by atoms with Crippen molar-refractivity contribution in [2.45, 2.75) is 6.92 Å². The number of aromatic nitrogens is 3. The van der Waals surface area contributed by atoms with E-state index in [-0.39, 0.29) is 18.9 Å². The molecule has 1 amide bonds. The zero-order valence-corrected chi connectivity index (χ0v) is 18.9. The minimum absolute atomic E-state index is 0.105. The number of rotatable bonds is 7. The number of hydrogen-bond donors (Lipinski definition) is 2. The number of aliphatic hydroxyl groups is 1. The lowest BCUT2D eigenvalue weighted by molar-refractivity contribution is 0.102. The molecule has 0 aliphatic carbocycles. The minimum atomic E-state index is -0.407. The number of aliphatic hydroxyl groups excluding tert-OH is 1. The van der Waals surface area contributed by atoms with E-state index >= 15 is 0 Å². The Hall–Kier alpha value is -3.27. The number of carbonyl (C=O) groups is 1. The highest BCUT2D eigenvalue weighted by Gasteiger charge is 2.17. The van der Waals surface area contributed by atoms with Crippen molar-refractivity contribution in [1.29, 1.82) is 0 Å². The van der Waals surface area contributed by atoms with Gasteiger partial charge >= 0.3 is 0 Å². The Labute approximate surface area is 196 Å². The predicted octanol–water partition coefficient (Wildman–Crippen LogP) is 2.96. The van der Waals surface area contributed by atoms with Gasteiger partial charge in [0, 0.05) is 24.8 Å². The molecule has 4 rings (SSSR count). The van der Waals surface area contributed by atoms with Crippen molar-refractivity contribution in [3.05, 3.63) is 58.9 Å². The molecule has 1 saturated heterocycles. The summed E-state index contributed by atoms with van der Waals surface area (Å²) in [7, 11) is 0. The Kier molecular flexibility index (Phi) is 7.33. The quantitative estimate of drug-likeness (QED) is 0.543. The van der Waals surface area contributed by atoms with Gasteiger partial charge in [0.05, 0.1) is 31.0 Å². The fourth-order valence-corrected chi connectivity index (χ4v) is 3.63. The lowest BCUT2D eigenvalue weighted by atomic mass is 10.00. The van der Waals surface area contributed by atoms with Crippen molar-refractivity contribution in [1.82, 2.24) is 15.2 Å². The van der Waals surface area contributed by atoms with Crippen molar-refractivity contribution in [2.24, 2.45) is 0 Å². The zero-order valence-electron chi connectivity index (χ0n) is 18.1. The molecule has 1 aliphatic heterocycles. The number of anilines is 2. The zero-order chi connectivity index (χ0) is 23.2. The first kappa shape index (κ1) is 22.9. The van der Waals surface area contributed by atoms with E-state index in [4.69, 9.17) is 26.2 Å². The molecule has 9 nitrogen and oxygen atoms in total. The number of hydrogen-bond acceptors (Lipinski definition) is 8. The first-order valence-electron chi connectivity index (χ1n) is 10.5. The molecule has 0 spiro atoms. The molecule has 1 fully saturated rings. The average Bonchev–Trinajstić information content (AvgIpc) is 2.84. The van der Waals surface area contributed by atoms with Crippen molar-refractivity contribution in [3.63, 3.8) is 0 Å². The van der Waals surface area contributed by atoms with Crippen LogP contribution in [-0.2, 0) is 4.74 Å². The van der Waals surface area contributed by atoms with Gasteiger partial charge in [-0.3, -0.25) is 4.79 Å². The summed E-state index contributed by atoms with van der Waals surface area (Å²) in [6.07, 6.45) is 1.37. The second kappa shape index (κ2) is 10.6. The van der Waals surface area contributed by atoms with Crippen LogP contribution in [0.15, 0.2) is 42.6 Å². The maximum Gasteiger partial charge on any atom is 0.276 e. The molecule has 0 atom stereocenters. The van der Waals surface area contributed by atoms with Gasteiger partial charge in [-0.05, 0) is 47.9 Å². The number of aryl methyl sites for hydroxylation is 1. The van der Waals surface area contributed by atoms with Gasteiger partial charge in [-0.15, -0.1) is 5.10 Å². The molecule has 172 valence electrons. The van der Waals surface area contributed by atoms with Crippen LogP contribution in [0.25, 0.3) is 11.1 Å². The van der Waals surface area contributed by atoms with Crippen LogP contribution in [0.4, 0.5) is 11.5 Å². The third-order valence-electron chi connectivity index (χ3n) is 5.12.